The monoisotopic (exact) mass is 562 g/mol. The second-order valence-electron chi connectivity index (χ2n) is 11.2. The van der Waals surface area contributed by atoms with Crippen molar-refractivity contribution in [3.63, 3.8) is 0 Å². The lowest BCUT2D eigenvalue weighted by molar-refractivity contribution is -0.128. The van der Waals surface area contributed by atoms with Crippen molar-refractivity contribution in [2.45, 2.75) is 69.4 Å². The van der Waals surface area contributed by atoms with Crippen LogP contribution >= 0.6 is 0 Å². The Hall–Kier alpha value is -3.32. The van der Waals surface area contributed by atoms with Crippen LogP contribution in [0.3, 0.4) is 0 Å². The van der Waals surface area contributed by atoms with E-state index in [1.807, 2.05) is 42.5 Å². The number of likely N-dealkylation sites (tertiary alicyclic amines) is 1. The molecule has 220 valence electrons. The summed E-state index contributed by atoms with van der Waals surface area (Å²) < 4.78 is 23.0. The van der Waals surface area contributed by atoms with Crippen LogP contribution in [-0.4, -0.2) is 81.0 Å². The third-order valence-electron chi connectivity index (χ3n) is 8.51. The first-order valence-corrected chi connectivity index (χ1v) is 14.8. The number of piperazine rings is 1. The Morgan fingerprint density at radius 2 is 1.80 bits per heavy atom. The summed E-state index contributed by atoms with van der Waals surface area (Å²) in [6, 6.07) is 16.4. The highest BCUT2D eigenvalue weighted by atomic mass is 16.5. The number of amides is 1. The van der Waals surface area contributed by atoms with E-state index in [0.29, 0.717) is 41.4 Å². The van der Waals surface area contributed by atoms with E-state index in [1.54, 1.807) is 14.2 Å². The van der Waals surface area contributed by atoms with Crippen molar-refractivity contribution < 1.29 is 23.7 Å². The van der Waals surface area contributed by atoms with Crippen LogP contribution in [0.5, 0.6) is 17.2 Å². The molecule has 0 aliphatic carbocycles. The Morgan fingerprint density at radius 3 is 2.46 bits per heavy atom. The van der Waals surface area contributed by atoms with Crippen molar-refractivity contribution in [1.29, 1.82) is 5.26 Å². The van der Waals surface area contributed by atoms with Gasteiger partial charge in [-0.3, -0.25) is 14.6 Å². The van der Waals surface area contributed by atoms with Crippen LogP contribution in [0.4, 0.5) is 0 Å². The van der Waals surface area contributed by atoms with Crippen LogP contribution in [0.15, 0.2) is 42.5 Å². The number of fused-ring (bicyclic) bond motifs is 2. The Bertz CT molecular complexity index is 1180. The number of benzene rings is 2. The number of hydrogen-bond acceptors (Lipinski definition) is 8. The number of nitriles is 1. The molecule has 2 aromatic rings. The number of ether oxygens (including phenoxy) is 4. The van der Waals surface area contributed by atoms with Crippen molar-refractivity contribution in [2.75, 3.05) is 47.0 Å². The number of carbonyl (C=O) groups excluding carboxylic acids is 1. The highest BCUT2D eigenvalue weighted by molar-refractivity contribution is 5.78. The average molecular weight is 563 g/mol. The minimum Gasteiger partial charge on any atom is -0.493 e. The van der Waals surface area contributed by atoms with Gasteiger partial charge in [0.25, 0.3) is 0 Å². The summed E-state index contributed by atoms with van der Waals surface area (Å²) in [6.07, 6.45) is 6.97. The number of rotatable bonds is 12. The molecule has 3 aliphatic rings. The fraction of sp³-hybridized carbons (Fsp3) is 0.562. The third kappa shape index (κ3) is 7.50. The maximum atomic E-state index is 12.7. The van der Waals surface area contributed by atoms with Gasteiger partial charge in [-0.15, -0.1) is 0 Å². The number of carbonyl (C=O) groups is 1. The summed E-state index contributed by atoms with van der Waals surface area (Å²) in [6.45, 7) is 4.03. The number of hydrogen-bond donors (Lipinski definition) is 1. The number of methoxy groups -OCH3 is 2. The van der Waals surface area contributed by atoms with Gasteiger partial charge < -0.3 is 24.3 Å². The van der Waals surface area contributed by atoms with E-state index in [0.717, 1.165) is 63.9 Å². The van der Waals surface area contributed by atoms with Gasteiger partial charge in [-0.1, -0.05) is 12.1 Å². The van der Waals surface area contributed by atoms with Crippen molar-refractivity contribution in [3.05, 3.63) is 53.6 Å². The molecule has 0 spiro atoms. The fourth-order valence-electron chi connectivity index (χ4n) is 6.43. The fourth-order valence-corrected chi connectivity index (χ4v) is 6.43. The molecule has 0 radical (unpaired) electrons. The summed E-state index contributed by atoms with van der Waals surface area (Å²) in [5, 5.41) is 12.3. The minimum absolute atomic E-state index is 0.0716. The summed E-state index contributed by atoms with van der Waals surface area (Å²) in [5.41, 5.74) is 1.67. The molecule has 2 aromatic carbocycles. The molecule has 2 bridgehead atoms. The first kappa shape index (κ1) is 29.2. The number of nitrogens with one attached hydrogen (secondary N) is 1. The predicted molar refractivity (Wildman–Crippen MR) is 155 cm³/mol. The van der Waals surface area contributed by atoms with Gasteiger partial charge >= 0.3 is 0 Å². The van der Waals surface area contributed by atoms with Gasteiger partial charge in [-0.25, -0.2) is 0 Å². The van der Waals surface area contributed by atoms with Crippen molar-refractivity contribution in [2.24, 2.45) is 0 Å². The molecule has 0 aromatic heterocycles. The molecule has 4 unspecified atom stereocenters. The van der Waals surface area contributed by atoms with E-state index in [-0.39, 0.29) is 18.2 Å². The molecule has 1 N–H and O–H groups in total. The Morgan fingerprint density at radius 1 is 1.05 bits per heavy atom. The quantitative estimate of drug-likeness (QED) is 0.410. The van der Waals surface area contributed by atoms with Gasteiger partial charge in [0.2, 0.25) is 5.91 Å². The van der Waals surface area contributed by atoms with Crippen LogP contribution < -0.4 is 19.5 Å². The van der Waals surface area contributed by atoms with Crippen LogP contribution in [0, 0.1) is 11.3 Å². The second kappa shape index (κ2) is 14.0. The molecular weight excluding hydrogens is 520 g/mol. The molecule has 3 fully saturated rings. The van der Waals surface area contributed by atoms with E-state index in [1.165, 1.54) is 12.8 Å². The van der Waals surface area contributed by atoms with Crippen LogP contribution in [0.2, 0.25) is 0 Å². The van der Waals surface area contributed by atoms with Gasteiger partial charge in [0.15, 0.2) is 11.5 Å². The Labute approximate surface area is 243 Å². The van der Waals surface area contributed by atoms with Crippen molar-refractivity contribution in [1.82, 2.24) is 15.1 Å². The van der Waals surface area contributed by atoms with E-state index < -0.39 is 0 Å². The lowest BCUT2D eigenvalue weighted by Crippen LogP contribution is -2.56. The minimum atomic E-state index is -0.162. The smallest absolute Gasteiger partial charge is 0.236 e. The van der Waals surface area contributed by atoms with E-state index in [9.17, 15) is 10.1 Å². The largest absolute Gasteiger partial charge is 0.493 e. The first-order valence-electron chi connectivity index (χ1n) is 14.8. The Kier molecular flexibility index (Phi) is 9.99. The average Bonchev–Trinajstić information content (AvgIpc) is 3.24. The molecule has 9 heteroatoms. The molecule has 1 amide bonds. The van der Waals surface area contributed by atoms with Gasteiger partial charge in [-0.05, 0) is 81.3 Å². The van der Waals surface area contributed by atoms with Crippen molar-refractivity contribution >= 4 is 5.91 Å². The van der Waals surface area contributed by atoms with E-state index >= 15 is 0 Å². The molecule has 5 rings (SSSR count). The van der Waals surface area contributed by atoms with Gasteiger partial charge in [0.05, 0.1) is 32.4 Å². The summed E-state index contributed by atoms with van der Waals surface area (Å²) in [7, 11) is 3.23. The molecule has 9 nitrogen and oxygen atoms in total. The molecule has 41 heavy (non-hydrogen) atoms. The Balaban J connectivity index is 1.17. The summed E-state index contributed by atoms with van der Waals surface area (Å²) in [5.74, 6) is 2.06. The van der Waals surface area contributed by atoms with Gasteiger partial charge in [-0.2, -0.15) is 5.26 Å². The van der Waals surface area contributed by atoms with Gasteiger partial charge in [0, 0.05) is 37.8 Å². The molecule has 0 saturated carbocycles. The molecule has 3 aliphatic heterocycles. The SMILES string of the molecule is COc1ccc(OC(CCCN2C3CCC2CN(CC(=O)NC2CCCCO2)C3)c2ccc(C#N)cc2)cc1OC. The highest BCUT2D eigenvalue weighted by Gasteiger charge is 2.40. The maximum absolute atomic E-state index is 12.7. The molecule has 4 atom stereocenters. The predicted octanol–water partition coefficient (Wildman–Crippen LogP) is 4.27. The second-order valence-corrected chi connectivity index (χ2v) is 11.2. The lowest BCUT2D eigenvalue weighted by Gasteiger charge is -2.41. The summed E-state index contributed by atoms with van der Waals surface area (Å²) >= 11 is 0. The lowest BCUT2D eigenvalue weighted by atomic mass is 10.0. The first-order chi connectivity index (χ1) is 20.1. The van der Waals surface area contributed by atoms with E-state index in [2.05, 4.69) is 21.2 Å². The zero-order chi connectivity index (χ0) is 28.6. The molecule has 3 heterocycles. The number of nitrogens with zero attached hydrogens (tertiary/aromatic N) is 3. The zero-order valence-corrected chi connectivity index (χ0v) is 24.2. The van der Waals surface area contributed by atoms with E-state index in [4.69, 9.17) is 18.9 Å². The standard InChI is InChI=1S/C32H42N4O5/c1-38-29-15-14-27(18-30(29)39-2)41-28(24-10-8-23(19-33)9-11-24)6-5-16-36-25-12-13-26(36)21-35(20-25)22-31(37)34-32-7-3-4-17-40-32/h8-11,14-15,18,25-26,28,32H,3-7,12-13,16-17,20-22H2,1-2H3,(H,34,37). The van der Waals surface area contributed by atoms with Crippen LogP contribution in [-0.2, 0) is 9.53 Å². The highest BCUT2D eigenvalue weighted by Crippen LogP contribution is 2.35. The molecular formula is C32H42N4O5. The summed E-state index contributed by atoms with van der Waals surface area (Å²) in [4.78, 5) is 17.6. The van der Waals surface area contributed by atoms with Crippen LogP contribution in [0.1, 0.15) is 62.2 Å². The zero-order valence-electron chi connectivity index (χ0n) is 24.2. The topological polar surface area (TPSA) is 96.3 Å². The normalized spacial score (nSPS) is 23.4. The van der Waals surface area contributed by atoms with Gasteiger partial charge in [0.1, 0.15) is 18.1 Å². The molecule has 3 saturated heterocycles. The maximum Gasteiger partial charge on any atom is 0.236 e. The van der Waals surface area contributed by atoms with Crippen molar-refractivity contribution in [3.8, 4) is 23.3 Å². The third-order valence-corrected chi connectivity index (χ3v) is 8.51. The van der Waals surface area contributed by atoms with Crippen LogP contribution in [0.25, 0.3) is 0 Å².